The topological polar surface area (TPSA) is 496 Å². The number of aliphatic hydroxyl groups excluding tert-OH is 6. The summed E-state index contributed by atoms with van der Waals surface area (Å²) >= 11 is 0. The molecule has 19 N–H and O–H groups in total. The number of fused-ring (bicyclic) bond motifs is 9. The third-order valence-electron chi connectivity index (χ3n) is 26.3. The number of likely N-dealkylation sites (N-methyl/N-ethyl adjacent to an activating group) is 3. The number of nitrogens with zero attached hydrogens (tertiary/aromatic N) is 3. The van der Waals surface area contributed by atoms with Crippen LogP contribution in [-0.2, 0) is 81.7 Å². The number of anilines is 1. The Hall–Kier alpha value is -10.5. The summed E-state index contributed by atoms with van der Waals surface area (Å²) in [7, 11) is 9.47. The molecule has 28 nitrogen and oxygen atoms in total. The Labute approximate surface area is 684 Å². The number of Topliss-reactive ketones (excluding diaryl/α,β-unsaturated/α-hetero) is 6. The van der Waals surface area contributed by atoms with E-state index in [0.29, 0.717) is 47.6 Å². The van der Waals surface area contributed by atoms with Gasteiger partial charge in [0.05, 0.1) is 40.5 Å². The van der Waals surface area contributed by atoms with Crippen LogP contribution < -0.4 is 22.5 Å². The molecular formula is C90H111N7O21. The molecule has 14 rings (SSSR count). The van der Waals surface area contributed by atoms with Gasteiger partial charge in [-0.2, -0.15) is 0 Å². The number of aryl methyl sites for hydroxylation is 2. The molecule has 10 aliphatic carbocycles. The molecule has 3 amide bonds. The molecule has 0 radical (unpaired) electrons. The molecule has 4 saturated carbocycles. The fraction of sp³-hybridized carbons (Fsp3) is 0.500. The predicted octanol–water partition coefficient (Wildman–Crippen LogP) is 7.84. The van der Waals surface area contributed by atoms with Crippen LogP contribution in [0.25, 0.3) is 17.3 Å². The van der Waals surface area contributed by atoms with Crippen molar-refractivity contribution in [3.05, 3.63) is 168 Å². The Morgan fingerprint density at radius 2 is 0.822 bits per heavy atom. The third-order valence-corrected chi connectivity index (χ3v) is 26.3. The second-order valence-electron chi connectivity index (χ2n) is 37.0. The van der Waals surface area contributed by atoms with Gasteiger partial charge in [-0.1, -0.05) is 96.1 Å². The number of nitrogens with two attached hydrogens (primary N) is 3. The number of ketones is 6. The molecular weight excluding hydrogens is 1520 g/mol. The molecule has 0 unspecified atom stereocenters. The molecule has 0 bridgehead atoms. The van der Waals surface area contributed by atoms with E-state index in [-0.39, 0.29) is 93.2 Å². The van der Waals surface area contributed by atoms with Crippen LogP contribution in [-0.4, -0.2) is 212 Å². The number of phenolic OH excluding ortho intramolecular Hbond substituents is 3. The average molecular weight is 1630 g/mol. The van der Waals surface area contributed by atoms with E-state index in [0.717, 1.165) is 75.3 Å². The maximum atomic E-state index is 14.0. The molecule has 4 aromatic carbocycles. The highest BCUT2D eigenvalue weighted by atomic mass is 16.4. The van der Waals surface area contributed by atoms with Crippen molar-refractivity contribution < 1.29 is 104 Å². The van der Waals surface area contributed by atoms with E-state index in [1.807, 2.05) is 30.3 Å². The van der Waals surface area contributed by atoms with Gasteiger partial charge in [0.2, 0.25) is 17.3 Å². The quantitative estimate of drug-likeness (QED) is 0.0375. The second-order valence-corrected chi connectivity index (χ2v) is 37.0. The van der Waals surface area contributed by atoms with Crippen molar-refractivity contribution in [1.29, 1.82) is 0 Å². The largest absolute Gasteiger partial charge is 0.508 e. The Kier molecular flexibility index (Phi) is 23.5. The Bertz CT molecular complexity index is 5020. The summed E-state index contributed by atoms with van der Waals surface area (Å²) in [6, 6.07) is 17.9. The zero-order valence-electron chi connectivity index (χ0n) is 68.8. The highest BCUT2D eigenvalue weighted by molar-refractivity contribution is 6.27. The van der Waals surface area contributed by atoms with Crippen molar-refractivity contribution >= 4 is 75.4 Å². The van der Waals surface area contributed by atoms with Gasteiger partial charge in [0.15, 0.2) is 34.2 Å². The first kappa shape index (κ1) is 86.8. The number of primary amides is 3. The first-order valence-corrected chi connectivity index (χ1v) is 40.4. The molecule has 0 aliphatic heterocycles. The Morgan fingerprint density at radius 1 is 0.458 bits per heavy atom. The number of nitrogens with one attached hydrogen (secondary N) is 1. The monoisotopic (exact) mass is 1630 g/mol. The lowest BCUT2D eigenvalue weighted by molar-refractivity contribution is -0.155. The molecule has 4 aromatic rings. The number of aromatic hydroxyl groups is 3. The van der Waals surface area contributed by atoms with Gasteiger partial charge in [0, 0.05) is 40.5 Å². The summed E-state index contributed by atoms with van der Waals surface area (Å²) in [5.74, 6) is -18.5. The maximum absolute atomic E-state index is 14.0. The summed E-state index contributed by atoms with van der Waals surface area (Å²) in [5, 5.41) is 138. The SMILES string of the molecule is CN(C)[C@H]1C(=O)C(C(N)=O)=C(O)[C@@]2(O)C(=O)C3=C(O)c4c(O)ccc(CCCC(C)(C)C)c4C[C@H]3C[C@@H]12.CN(C)[C@H]1C(=O)C(C(N)=O)=C(O)[C@@]2(O)C(=O)C3=C(O)c4c(ccc(CCCC(C)(C)C)c4O)C[C@H]3C[C@@H]12.CN(C)[C@H]1C(=O)C(C(N)=O)=C(O)[C@@]2(O)C(=O)C3=C(O)c4c(ccc(NC5CCC(Cc6ccccc6)CC5)c4O)C[C@H]3C[C@@H]12. The van der Waals surface area contributed by atoms with Crippen LogP contribution in [0, 0.1) is 52.3 Å². The molecule has 28 heteroatoms. The van der Waals surface area contributed by atoms with E-state index in [2.05, 4.69) is 71.1 Å². The molecule has 12 atom stereocenters. The van der Waals surface area contributed by atoms with E-state index in [1.165, 1.54) is 26.3 Å². The summed E-state index contributed by atoms with van der Waals surface area (Å²) in [6.45, 7) is 12.9. The highest BCUT2D eigenvalue weighted by Crippen LogP contribution is 2.58. The lowest BCUT2D eigenvalue weighted by Crippen LogP contribution is -2.65. The number of benzene rings is 4. The van der Waals surface area contributed by atoms with Gasteiger partial charge >= 0.3 is 0 Å². The van der Waals surface area contributed by atoms with E-state index < -0.39 is 174 Å². The van der Waals surface area contributed by atoms with Gasteiger partial charge in [-0.25, -0.2) is 0 Å². The van der Waals surface area contributed by atoms with E-state index in [4.69, 9.17) is 17.2 Å². The lowest BCUT2D eigenvalue weighted by atomic mass is 9.57. The molecule has 0 spiro atoms. The number of carbonyl (C=O) groups excluding carboxylic acids is 9. The summed E-state index contributed by atoms with van der Waals surface area (Å²) in [4.78, 5) is 122. The van der Waals surface area contributed by atoms with Crippen molar-refractivity contribution in [3.8, 4) is 17.2 Å². The van der Waals surface area contributed by atoms with Crippen LogP contribution in [0.4, 0.5) is 5.69 Å². The first-order chi connectivity index (χ1) is 55.1. The summed E-state index contributed by atoms with van der Waals surface area (Å²) in [5.41, 5.74) is 11.4. The van der Waals surface area contributed by atoms with Crippen LogP contribution >= 0.6 is 0 Å². The van der Waals surface area contributed by atoms with Gasteiger partial charge in [-0.3, -0.25) is 57.9 Å². The number of rotatable bonds is 16. The van der Waals surface area contributed by atoms with Crippen molar-refractivity contribution in [3.63, 3.8) is 0 Å². The van der Waals surface area contributed by atoms with Crippen molar-refractivity contribution in [2.75, 3.05) is 47.6 Å². The van der Waals surface area contributed by atoms with Crippen LogP contribution in [0.15, 0.2) is 117 Å². The summed E-state index contributed by atoms with van der Waals surface area (Å²) in [6.07, 6.45) is 11.0. The van der Waals surface area contributed by atoms with Crippen LogP contribution in [0.2, 0.25) is 0 Å². The number of carbonyl (C=O) groups is 9. The van der Waals surface area contributed by atoms with Crippen molar-refractivity contribution in [2.45, 2.75) is 192 Å². The van der Waals surface area contributed by atoms with Crippen molar-refractivity contribution in [1.82, 2.24) is 14.7 Å². The van der Waals surface area contributed by atoms with Gasteiger partial charge < -0.3 is 83.8 Å². The van der Waals surface area contributed by atoms with E-state index >= 15 is 0 Å². The molecule has 0 heterocycles. The Balaban J connectivity index is 0.000000164. The number of aliphatic hydroxyl groups is 9. The average Bonchev–Trinajstić information content (AvgIpc) is 0.709. The lowest BCUT2D eigenvalue weighted by Gasteiger charge is -2.50. The summed E-state index contributed by atoms with van der Waals surface area (Å²) < 4.78 is 0. The zero-order chi connectivity index (χ0) is 86.7. The Morgan fingerprint density at radius 3 is 1.21 bits per heavy atom. The first-order valence-electron chi connectivity index (χ1n) is 40.4. The van der Waals surface area contributed by atoms with E-state index in [1.54, 1.807) is 48.4 Å². The number of amides is 3. The molecule has 0 saturated heterocycles. The number of hydrogen-bond acceptors (Lipinski definition) is 25. The molecule has 0 aromatic heterocycles. The van der Waals surface area contributed by atoms with Gasteiger partial charge in [0.25, 0.3) is 17.7 Å². The zero-order valence-corrected chi connectivity index (χ0v) is 68.8. The minimum atomic E-state index is -2.64. The highest BCUT2D eigenvalue weighted by Gasteiger charge is 2.68. The molecule has 632 valence electrons. The number of phenols is 3. The van der Waals surface area contributed by atoms with E-state index in [9.17, 15) is 104 Å². The van der Waals surface area contributed by atoms with Gasteiger partial charge in [-0.15, -0.1) is 0 Å². The predicted molar refractivity (Wildman–Crippen MR) is 437 cm³/mol. The minimum absolute atomic E-state index is 0.0682. The van der Waals surface area contributed by atoms with Crippen LogP contribution in [0.5, 0.6) is 17.2 Å². The molecule has 4 fully saturated rings. The van der Waals surface area contributed by atoms with Crippen molar-refractivity contribution in [2.24, 2.45) is 69.5 Å². The second kappa shape index (κ2) is 32.0. The smallest absolute Gasteiger partial charge is 0.255 e. The molecule has 118 heavy (non-hydrogen) atoms. The normalized spacial score (nSPS) is 28.7. The minimum Gasteiger partial charge on any atom is -0.508 e. The molecule has 10 aliphatic rings. The van der Waals surface area contributed by atoms with Crippen LogP contribution in [0.1, 0.15) is 162 Å². The standard InChI is InChI=1S/C34H39N3O7.2C28H36N2O7/c1-37(2)27-22-16-20-15-19-10-13-23(36-21-11-8-18(9-12-21)14-17-6-4-3-5-7-17)28(38)24(19)29(39)25(20)31(41)34(22,44)32(42)26(30(27)40)33(35)43;1-27(2,3)10-6-7-13-8-9-17(31)19-15(13)11-14-12-16-21(30(4)5)23(33)20(26(29)36)25(35)28(16,37)24(34)18(14)22(19)32;1-27(2,3)10-6-7-13-8-9-14-11-15-12-16-20(30(4)5)23(33)19(26(29)36)25(35)28(16,37)24(34)18(15)22(32)17(14)21(13)31/h3-7,10,13,18,20-22,27,36,38-39,42,44H,8-9,11-12,14-16H2,1-2H3,(H2,35,43);8-9,14,16,21,31-32,35,37H,6-7,10-12H2,1-5H3,(H2,29,36);8-9,15-16,20,31-32,35,37H,6-7,10-12H2,1-5H3,(H2,29,36)/t18?,20-,21?,22-,27+,34-;14-,16-,21+,28-;15-,16-,20+,28-/m000/s1. The number of hydrogen-bond donors (Lipinski definition) is 16. The fourth-order valence-electron chi connectivity index (χ4n) is 20.6. The maximum Gasteiger partial charge on any atom is 0.255 e. The van der Waals surface area contributed by atoms with Gasteiger partial charge in [0.1, 0.15) is 68.5 Å². The third kappa shape index (κ3) is 14.9. The fourth-order valence-corrected chi connectivity index (χ4v) is 20.6. The van der Waals surface area contributed by atoms with Gasteiger partial charge in [-0.05, 0) is 231 Å². The van der Waals surface area contributed by atoms with Crippen LogP contribution in [0.3, 0.4) is 0 Å².